The Morgan fingerprint density at radius 1 is 1.04 bits per heavy atom. The molecule has 0 unspecified atom stereocenters. The van der Waals surface area contributed by atoms with Crippen molar-refractivity contribution in [3.8, 4) is 0 Å². The first kappa shape index (κ1) is 16.8. The van der Waals surface area contributed by atoms with E-state index in [0.29, 0.717) is 17.9 Å². The lowest BCUT2D eigenvalue weighted by Gasteiger charge is -2.43. The van der Waals surface area contributed by atoms with Gasteiger partial charge in [-0.3, -0.25) is 4.79 Å². The van der Waals surface area contributed by atoms with Gasteiger partial charge in [0.15, 0.2) is 0 Å². The number of amides is 1. The summed E-state index contributed by atoms with van der Waals surface area (Å²) in [5.74, 6) is 1.83. The van der Waals surface area contributed by atoms with Gasteiger partial charge in [-0.15, -0.1) is 0 Å². The molecule has 4 aliphatic rings. The van der Waals surface area contributed by atoms with Crippen LogP contribution < -0.4 is 5.32 Å². The van der Waals surface area contributed by atoms with Crippen LogP contribution in [0.25, 0.3) is 0 Å². The van der Waals surface area contributed by atoms with Crippen molar-refractivity contribution in [1.82, 2.24) is 10.2 Å². The number of ether oxygens (including phenoxy) is 1. The molecule has 2 saturated carbocycles. The topological polar surface area (TPSA) is 41.6 Å². The molecule has 24 heavy (non-hydrogen) atoms. The van der Waals surface area contributed by atoms with Gasteiger partial charge in [-0.1, -0.05) is 25.7 Å². The summed E-state index contributed by atoms with van der Waals surface area (Å²) in [6.07, 6.45) is 12.8. The second-order valence-electron chi connectivity index (χ2n) is 8.71. The van der Waals surface area contributed by atoms with Crippen LogP contribution in [0.4, 0.5) is 0 Å². The Morgan fingerprint density at radius 2 is 1.79 bits per heavy atom. The molecule has 0 spiro atoms. The molecular weight excluding hydrogens is 300 g/mol. The third kappa shape index (κ3) is 3.24. The Bertz CT molecular complexity index is 441. The van der Waals surface area contributed by atoms with Crippen LogP contribution in [-0.2, 0) is 9.53 Å². The molecule has 0 aromatic rings. The first-order valence-electron chi connectivity index (χ1n) is 10.4. The molecule has 1 amide bonds. The number of nitrogens with zero attached hydrogens (tertiary/aromatic N) is 1. The fraction of sp³-hybridized carbons (Fsp3) is 0.950. The minimum atomic E-state index is -0.0736. The molecular formula is C20H34N2O2. The van der Waals surface area contributed by atoms with E-state index in [1.807, 2.05) is 0 Å². The highest BCUT2D eigenvalue weighted by molar-refractivity contribution is 5.84. The van der Waals surface area contributed by atoms with Gasteiger partial charge in [-0.25, -0.2) is 0 Å². The molecule has 136 valence electrons. The molecule has 2 saturated heterocycles. The lowest BCUT2D eigenvalue weighted by molar-refractivity contribution is -0.148. The predicted octanol–water partition coefficient (Wildman–Crippen LogP) is 2.96. The highest BCUT2D eigenvalue weighted by atomic mass is 16.5. The minimum absolute atomic E-state index is 0.0736. The van der Waals surface area contributed by atoms with Gasteiger partial charge in [0.05, 0.1) is 11.5 Å². The molecule has 2 aliphatic heterocycles. The van der Waals surface area contributed by atoms with E-state index < -0.39 is 0 Å². The third-order valence-electron chi connectivity index (χ3n) is 7.24. The summed E-state index contributed by atoms with van der Waals surface area (Å²) in [7, 11) is 0. The van der Waals surface area contributed by atoms with Crippen LogP contribution in [0.15, 0.2) is 0 Å². The molecule has 2 heterocycles. The monoisotopic (exact) mass is 334 g/mol. The zero-order valence-electron chi connectivity index (χ0n) is 15.1. The fourth-order valence-electron chi connectivity index (χ4n) is 5.66. The van der Waals surface area contributed by atoms with Crippen molar-refractivity contribution in [2.75, 3.05) is 32.8 Å². The summed E-state index contributed by atoms with van der Waals surface area (Å²) in [6, 6.07) is 0. The highest BCUT2D eigenvalue weighted by Crippen LogP contribution is 2.45. The van der Waals surface area contributed by atoms with Crippen LogP contribution in [0.5, 0.6) is 0 Å². The van der Waals surface area contributed by atoms with Gasteiger partial charge in [-0.2, -0.15) is 0 Å². The molecule has 0 aromatic heterocycles. The van der Waals surface area contributed by atoms with Gasteiger partial charge in [0.25, 0.3) is 0 Å². The number of piperidine rings is 1. The Balaban J connectivity index is 1.28. The minimum Gasteiger partial charge on any atom is -0.378 e. The number of carbonyl (C=O) groups excluding carboxylic acids is 1. The molecule has 4 rings (SSSR count). The molecule has 0 aromatic carbocycles. The molecule has 2 aliphatic carbocycles. The highest BCUT2D eigenvalue weighted by Gasteiger charge is 2.51. The summed E-state index contributed by atoms with van der Waals surface area (Å²) in [5.41, 5.74) is -0.0736. The number of carbonyl (C=O) groups is 1. The summed E-state index contributed by atoms with van der Waals surface area (Å²) >= 11 is 0. The van der Waals surface area contributed by atoms with Crippen LogP contribution in [0.2, 0.25) is 0 Å². The number of hydrogen-bond acceptors (Lipinski definition) is 3. The van der Waals surface area contributed by atoms with Crippen molar-refractivity contribution >= 4 is 5.91 Å². The van der Waals surface area contributed by atoms with E-state index in [9.17, 15) is 4.79 Å². The molecule has 4 fully saturated rings. The van der Waals surface area contributed by atoms with Crippen LogP contribution in [0, 0.1) is 17.3 Å². The maximum atomic E-state index is 13.3. The largest absolute Gasteiger partial charge is 0.378 e. The first-order valence-corrected chi connectivity index (χ1v) is 10.4. The van der Waals surface area contributed by atoms with Crippen LogP contribution >= 0.6 is 0 Å². The van der Waals surface area contributed by atoms with E-state index in [0.717, 1.165) is 58.0 Å². The first-order chi connectivity index (χ1) is 11.8. The van der Waals surface area contributed by atoms with Crippen LogP contribution in [0.1, 0.15) is 64.2 Å². The van der Waals surface area contributed by atoms with E-state index in [2.05, 4.69) is 10.2 Å². The maximum absolute atomic E-state index is 13.3. The SMILES string of the molecule is O=C(N1CCC(OCC2CCCC2)CC1)[C@@]12CCCC[C@H]1CNC2. The number of hydrogen-bond donors (Lipinski definition) is 1. The van der Waals surface area contributed by atoms with Gasteiger partial charge in [0.1, 0.15) is 0 Å². The maximum Gasteiger partial charge on any atom is 0.230 e. The van der Waals surface area contributed by atoms with Crippen LogP contribution in [-0.4, -0.2) is 49.7 Å². The fourth-order valence-corrected chi connectivity index (χ4v) is 5.66. The van der Waals surface area contributed by atoms with Gasteiger partial charge >= 0.3 is 0 Å². The van der Waals surface area contributed by atoms with Gasteiger partial charge in [0.2, 0.25) is 5.91 Å². The summed E-state index contributed by atoms with van der Waals surface area (Å²) in [5, 5.41) is 3.51. The number of fused-ring (bicyclic) bond motifs is 1. The van der Waals surface area contributed by atoms with E-state index >= 15 is 0 Å². The van der Waals surface area contributed by atoms with Crippen molar-refractivity contribution in [1.29, 1.82) is 0 Å². The molecule has 4 nitrogen and oxygen atoms in total. The number of likely N-dealkylation sites (tertiary alicyclic amines) is 1. The van der Waals surface area contributed by atoms with Crippen molar-refractivity contribution < 1.29 is 9.53 Å². The standard InChI is InChI=1S/C20H34N2O2/c23-19(20-10-4-3-7-17(20)13-21-15-20)22-11-8-18(9-12-22)24-14-16-5-1-2-6-16/h16-18,21H,1-15H2/t17-,20+/m0/s1. The van der Waals surface area contributed by atoms with Crippen molar-refractivity contribution in [3.63, 3.8) is 0 Å². The normalized spacial score (nSPS) is 35.3. The summed E-state index contributed by atoms with van der Waals surface area (Å²) in [4.78, 5) is 15.4. The van der Waals surface area contributed by atoms with Gasteiger partial charge in [0, 0.05) is 26.2 Å². The number of nitrogens with one attached hydrogen (secondary N) is 1. The third-order valence-corrected chi connectivity index (χ3v) is 7.24. The average molecular weight is 335 g/mol. The van der Waals surface area contributed by atoms with Gasteiger partial charge in [-0.05, 0) is 56.9 Å². The second kappa shape index (κ2) is 7.33. The van der Waals surface area contributed by atoms with E-state index in [4.69, 9.17) is 4.74 Å². The Hall–Kier alpha value is -0.610. The summed E-state index contributed by atoms with van der Waals surface area (Å²) < 4.78 is 6.18. The molecule has 2 atom stereocenters. The zero-order valence-corrected chi connectivity index (χ0v) is 15.1. The number of rotatable bonds is 4. The molecule has 0 bridgehead atoms. The Labute approximate surface area is 146 Å². The Morgan fingerprint density at radius 3 is 2.58 bits per heavy atom. The zero-order chi connectivity index (χ0) is 16.4. The van der Waals surface area contributed by atoms with Gasteiger partial charge < -0.3 is 15.0 Å². The Kier molecular flexibility index (Phi) is 5.14. The summed E-state index contributed by atoms with van der Waals surface area (Å²) in [6.45, 7) is 4.72. The van der Waals surface area contributed by atoms with Crippen LogP contribution in [0.3, 0.4) is 0 Å². The predicted molar refractivity (Wildman–Crippen MR) is 94.8 cm³/mol. The van der Waals surface area contributed by atoms with E-state index in [-0.39, 0.29) is 5.41 Å². The molecule has 4 heteroatoms. The van der Waals surface area contributed by atoms with Crippen molar-refractivity contribution in [2.45, 2.75) is 70.3 Å². The smallest absolute Gasteiger partial charge is 0.230 e. The quantitative estimate of drug-likeness (QED) is 0.859. The molecule has 0 radical (unpaired) electrons. The van der Waals surface area contributed by atoms with E-state index in [1.54, 1.807) is 0 Å². The lowest BCUT2D eigenvalue weighted by atomic mass is 9.67. The van der Waals surface area contributed by atoms with Crippen molar-refractivity contribution in [3.05, 3.63) is 0 Å². The average Bonchev–Trinajstić information content (AvgIpc) is 3.29. The lowest BCUT2D eigenvalue weighted by Crippen LogP contribution is -2.52. The van der Waals surface area contributed by atoms with Crippen molar-refractivity contribution in [2.24, 2.45) is 17.3 Å². The second-order valence-corrected chi connectivity index (χ2v) is 8.71. The van der Waals surface area contributed by atoms with E-state index in [1.165, 1.54) is 44.9 Å². The molecule has 1 N–H and O–H groups in total.